The van der Waals surface area contributed by atoms with E-state index in [0.29, 0.717) is 0 Å². The Bertz CT molecular complexity index is 1430. The predicted octanol–water partition coefficient (Wildman–Crippen LogP) is -3.62. The van der Waals surface area contributed by atoms with E-state index < -0.39 is 52.0 Å². The Kier molecular flexibility index (Phi) is 7.02. The molecule has 0 saturated carbocycles. The minimum Gasteiger partial charge on any atom is -0.435 e. The Morgan fingerprint density at radius 3 is 2.37 bits per heavy atom. The van der Waals surface area contributed by atoms with Gasteiger partial charge >= 0.3 is 5.97 Å². The maximum atomic E-state index is 15.2. The van der Waals surface area contributed by atoms with Crippen LogP contribution in [0, 0.1) is 5.82 Å². The molecular formula is C25H28B2FN3O10. The molecule has 2 saturated heterocycles. The van der Waals surface area contributed by atoms with Crippen LogP contribution in [0.25, 0.3) is 0 Å². The lowest BCUT2D eigenvalue weighted by Crippen LogP contribution is -2.68. The van der Waals surface area contributed by atoms with E-state index in [9.17, 15) is 39.9 Å². The molecule has 1 atom stereocenters. The number of carbonyl (C=O) groups is 3. The number of rotatable bonds is 6. The second kappa shape index (κ2) is 9.87. The Hall–Kier alpha value is -3.37. The van der Waals surface area contributed by atoms with Crippen molar-refractivity contribution >= 4 is 33.4 Å². The molecule has 0 bridgehead atoms. The zero-order valence-electron chi connectivity index (χ0n) is 22.3. The lowest BCUT2D eigenvalue weighted by molar-refractivity contribution is -0.306. The van der Waals surface area contributed by atoms with Crippen LogP contribution in [-0.4, -0.2) is 101 Å². The second-order valence-corrected chi connectivity index (χ2v) is 10.7. The van der Waals surface area contributed by atoms with Crippen molar-refractivity contribution in [1.82, 2.24) is 15.1 Å². The molecule has 16 heteroatoms. The van der Waals surface area contributed by atoms with Crippen LogP contribution in [0.4, 0.5) is 4.39 Å². The maximum absolute atomic E-state index is 15.2. The molecule has 0 aliphatic carbocycles. The van der Waals surface area contributed by atoms with E-state index in [1.165, 1.54) is 38.8 Å². The molecule has 6 N–H and O–H groups in total. The third kappa shape index (κ3) is 4.70. The van der Waals surface area contributed by atoms with Gasteiger partial charge in [0.1, 0.15) is 27.3 Å². The monoisotopic (exact) mass is 571 g/mol. The Balaban J connectivity index is 1.47. The van der Waals surface area contributed by atoms with Crippen LogP contribution in [0.2, 0.25) is 0 Å². The summed E-state index contributed by atoms with van der Waals surface area (Å²) in [6, 6.07) is 6.80. The Morgan fingerprint density at radius 1 is 1.05 bits per heavy atom. The number of aliphatic hydroxyl groups is 5. The molecule has 13 nitrogen and oxygen atoms in total. The van der Waals surface area contributed by atoms with Gasteiger partial charge < -0.3 is 39.9 Å². The van der Waals surface area contributed by atoms with Gasteiger partial charge in [0.2, 0.25) is 11.6 Å². The summed E-state index contributed by atoms with van der Waals surface area (Å²) in [6.45, 7) is 0.819. The van der Waals surface area contributed by atoms with Crippen LogP contribution >= 0.6 is 0 Å². The largest absolute Gasteiger partial charge is 0.435 e. The van der Waals surface area contributed by atoms with Gasteiger partial charge in [-0.2, -0.15) is 0 Å². The molecule has 0 radical (unpaired) electrons. The van der Waals surface area contributed by atoms with E-state index in [4.69, 9.17) is 9.47 Å². The van der Waals surface area contributed by atoms with Gasteiger partial charge in [-0.05, 0) is 24.3 Å². The van der Waals surface area contributed by atoms with Gasteiger partial charge in [-0.25, -0.2) is 9.29 Å². The normalized spacial score (nSPS) is 23.4. The number of carbonyl (C=O) groups excluding carboxylic acids is 3. The average molecular weight is 571 g/mol. The van der Waals surface area contributed by atoms with Crippen molar-refractivity contribution in [2.75, 3.05) is 26.3 Å². The fourth-order valence-electron chi connectivity index (χ4n) is 5.70. The van der Waals surface area contributed by atoms with Gasteiger partial charge in [0.05, 0.1) is 18.8 Å². The molecule has 216 valence electrons. The molecule has 2 aromatic carbocycles. The maximum Gasteiger partial charge on any atom is 0.354 e. The van der Waals surface area contributed by atoms with E-state index in [0.717, 1.165) is 23.1 Å². The minimum absolute atomic E-state index is 0.0203. The number of benzene rings is 2. The van der Waals surface area contributed by atoms with Crippen molar-refractivity contribution in [3.63, 3.8) is 0 Å². The number of piperidine rings is 1. The van der Waals surface area contributed by atoms with Crippen LogP contribution in [0.1, 0.15) is 39.9 Å². The first kappa shape index (κ1) is 29.1. The fraction of sp³-hybridized carbons (Fsp3) is 0.400. The topological polar surface area (TPSA) is 189 Å². The van der Waals surface area contributed by atoms with Gasteiger partial charge in [0.15, 0.2) is 0 Å². The van der Waals surface area contributed by atoms with Crippen molar-refractivity contribution < 1.29 is 53.8 Å². The van der Waals surface area contributed by atoms with Crippen LogP contribution in [0.15, 0.2) is 36.4 Å². The zero-order valence-corrected chi connectivity index (χ0v) is 22.3. The lowest BCUT2D eigenvalue weighted by Gasteiger charge is -2.45. The summed E-state index contributed by atoms with van der Waals surface area (Å²) < 4.78 is 25.9. The third-order valence-electron chi connectivity index (χ3n) is 7.73. The number of halogens is 1. The molecule has 2 fully saturated rings. The van der Waals surface area contributed by atoms with E-state index in [2.05, 4.69) is 0 Å². The van der Waals surface area contributed by atoms with Crippen molar-refractivity contribution in [1.29, 1.82) is 0 Å². The first-order valence-electron chi connectivity index (χ1n) is 12.9. The number of hydrogen-bond donors (Lipinski definition) is 6. The summed E-state index contributed by atoms with van der Waals surface area (Å²) in [5.74, 6) is -9.80. The van der Waals surface area contributed by atoms with E-state index in [1.807, 2.05) is 5.32 Å². The molecule has 1 unspecified atom stereocenters. The third-order valence-corrected chi connectivity index (χ3v) is 7.73. The van der Waals surface area contributed by atoms with Crippen molar-refractivity contribution in [2.24, 2.45) is 0 Å². The summed E-state index contributed by atoms with van der Waals surface area (Å²) in [4.78, 5) is 40.0. The lowest BCUT2D eigenvalue weighted by atomic mass is 9.57. The van der Waals surface area contributed by atoms with Gasteiger partial charge in [-0.15, -0.1) is 0 Å². The fourth-order valence-corrected chi connectivity index (χ4v) is 5.70. The molecule has 3 amide bonds. The van der Waals surface area contributed by atoms with Gasteiger partial charge in [-0.1, -0.05) is 12.1 Å². The van der Waals surface area contributed by atoms with Crippen LogP contribution in [-0.2, 0) is 31.5 Å². The van der Waals surface area contributed by atoms with Crippen LogP contribution in [0.3, 0.4) is 0 Å². The highest BCUT2D eigenvalue weighted by Crippen LogP contribution is 2.46. The number of nitrogens with zero attached hydrogens (tertiary/aromatic N) is 2. The van der Waals surface area contributed by atoms with Gasteiger partial charge in [0.25, 0.3) is 17.7 Å². The van der Waals surface area contributed by atoms with Crippen LogP contribution in [0.5, 0.6) is 5.75 Å². The van der Waals surface area contributed by atoms with E-state index >= 15 is 4.39 Å². The van der Waals surface area contributed by atoms with Crippen molar-refractivity contribution in [3.05, 3.63) is 64.5 Å². The summed E-state index contributed by atoms with van der Waals surface area (Å²) in [7, 11) is 2.98. The number of ether oxygens (including phenoxy) is 2. The standard InChI is InChI=1S/C25H28B2FN3O10/c26-23(27)19-14(20(33)31(23)22(35)7-6-18(32)29-21(22)34)2-1-3-17(19)41-25(38,39)15-5-4-13(12-16(15)28)24(36,37)30-8-10-40-11-9-30/h1-5,12,35-39H,6-11,26-27H2,(H,29,32,34). The quantitative estimate of drug-likeness (QED) is 0.114. The molecule has 3 aliphatic heterocycles. The molecule has 5 rings (SSSR count). The van der Waals surface area contributed by atoms with E-state index in [1.54, 1.807) is 0 Å². The van der Waals surface area contributed by atoms with Gasteiger partial charge in [0, 0.05) is 48.0 Å². The summed E-state index contributed by atoms with van der Waals surface area (Å²) in [6.07, 6.45) is -0.581. The first-order chi connectivity index (χ1) is 19.1. The predicted molar refractivity (Wildman–Crippen MR) is 140 cm³/mol. The summed E-state index contributed by atoms with van der Waals surface area (Å²) >= 11 is 0. The molecule has 0 spiro atoms. The SMILES string of the molecule is BC1(B)c2c(OC(O)(O)c3ccc(C(O)(O)N4CCOCC4)cc3F)cccc2C(=O)N1C1(O)CCC(=O)NC1=O. The number of amides is 3. The second-order valence-electron chi connectivity index (χ2n) is 10.7. The molecular weight excluding hydrogens is 543 g/mol. The number of hydrogen-bond acceptors (Lipinski definition) is 11. The molecule has 41 heavy (non-hydrogen) atoms. The average Bonchev–Trinajstić information content (AvgIpc) is 3.12. The highest BCUT2D eigenvalue weighted by molar-refractivity contribution is 6.43. The highest BCUT2D eigenvalue weighted by atomic mass is 19.1. The smallest absolute Gasteiger partial charge is 0.354 e. The van der Waals surface area contributed by atoms with Crippen LogP contribution < -0.4 is 10.1 Å². The highest BCUT2D eigenvalue weighted by Gasteiger charge is 2.58. The number of nitrogens with one attached hydrogen (secondary N) is 1. The molecule has 2 aromatic rings. The molecule has 3 aliphatic rings. The summed E-state index contributed by atoms with van der Waals surface area (Å²) in [5, 5.41) is 54.8. The summed E-state index contributed by atoms with van der Waals surface area (Å²) in [5.41, 5.74) is -3.36. The first-order valence-corrected chi connectivity index (χ1v) is 12.9. The van der Waals surface area contributed by atoms with Crippen molar-refractivity contribution in [3.8, 4) is 5.75 Å². The zero-order chi connectivity index (χ0) is 30.0. The minimum atomic E-state index is -3.30. The number of fused-ring (bicyclic) bond motifs is 1. The van der Waals surface area contributed by atoms with E-state index in [-0.39, 0.29) is 61.6 Å². The molecule has 0 aromatic heterocycles. The Morgan fingerprint density at radius 2 is 1.73 bits per heavy atom. The van der Waals surface area contributed by atoms with Crippen molar-refractivity contribution in [2.45, 2.75) is 35.8 Å². The number of morpholine rings is 1. The number of imide groups is 1. The Labute approximate surface area is 234 Å². The van der Waals surface area contributed by atoms with Gasteiger partial charge in [-0.3, -0.25) is 19.7 Å². The molecule has 3 heterocycles.